The lowest BCUT2D eigenvalue weighted by Gasteiger charge is -2.06. The lowest BCUT2D eigenvalue weighted by molar-refractivity contribution is -0.145. The molecule has 0 aromatic rings. The molecule has 0 spiro atoms. The van der Waals surface area contributed by atoms with Crippen molar-refractivity contribution in [3.63, 3.8) is 0 Å². The summed E-state index contributed by atoms with van der Waals surface area (Å²) in [6, 6.07) is 0. The van der Waals surface area contributed by atoms with Gasteiger partial charge in [-0.1, -0.05) is 0 Å². The van der Waals surface area contributed by atoms with E-state index in [0.29, 0.717) is 19.1 Å². The summed E-state index contributed by atoms with van der Waals surface area (Å²) < 4.78 is 10.3. The minimum atomic E-state index is -0.0557. The molecule has 0 radical (unpaired) electrons. The Bertz CT molecular complexity index is 177. The van der Waals surface area contributed by atoms with E-state index in [9.17, 15) is 4.79 Å². The second-order valence-corrected chi connectivity index (χ2v) is 3.74. The van der Waals surface area contributed by atoms with Crippen LogP contribution in [0.4, 0.5) is 0 Å². The van der Waals surface area contributed by atoms with Crippen molar-refractivity contribution in [2.45, 2.75) is 33.3 Å². The Morgan fingerprint density at radius 2 is 2.23 bits per heavy atom. The minimum absolute atomic E-state index is 0.0557. The van der Waals surface area contributed by atoms with Crippen molar-refractivity contribution < 1.29 is 14.3 Å². The van der Waals surface area contributed by atoms with Gasteiger partial charge in [0.1, 0.15) is 0 Å². The third-order valence-electron chi connectivity index (χ3n) is 2.16. The molecule has 0 N–H and O–H groups in total. The Morgan fingerprint density at radius 3 is 2.77 bits per heavy atom. The second kappa shape index (κ2) is 4.61. The summed E-state index contributed by atoms with van der Waals surface area (Å²) in [5.74, 6) is 0.458. The Hall–Kier alpha value is -0.570. The summed E-state index contributed by atoms with van der Waals surface area (Å²) in [6.45, 7) is 7.01. The fraction of sp³-hybridized carbons (Fsp3) is 0.900. The highest BCUT2D eigenvalue weighted by atomic mass is 16.5. The van der Waals surface area contributed by atoms with E-state index in [1.807, 2.05) is 20.8 Å². The van der Waals surface area contributed by atoms with Gasteiger partial charge >= 0.3 is 5.97 Å². The molecular formula is C10H18O3. The van der Waals surface area contributed by atoms with Crippen LogP contribution in [0.15, 0.2) is 0 Å². The molecule has 0 aromatic carbocycles. The van der Waals surface area contributed by atoms with Gasteiger partial charge in [0.2, 0.25) is 0 Å². The number of esters is 1. The highest BCUT2D eigenvalue weighted by molar-refractivity contribution is 5.75. The first-order chi connectivity index (χ1) is 6.15. The van der Waals surface area contributed by atoms with Crippen LogP contribution in [0.1, 0.15) is 27.2 Å². The van der Waals surface area contributed by atoms with Gasteiger partial charge in [-0.2, -0.15) is 0 Å². The van der Waals surface area contributed by atoms with Crippen molar-refractivity contribution in [3.05, 3.63) is 0 Å². The predicted octanol–water partition coefficient (Wildman–Crippen LogP) is 1.61. The van der Waals surface area contributed by atoms with Gasteiger partial charge in [0.05, 0.1) is 25.2 Å². The maximum Gasteiger partial charge on any atom is 0.309 e. The van der Waals surface area contributed by atoms with E-state index in [-0.39, 0.29) is 18.0 Å². The summed E-state index contributed by atoms with van der Waals surface area (Å²) in [6.07, 6.45) is 1.19. The molecule has 0 aromatic heterocycles. The Morgan fingerprint density at radius 1 is 1.54 bits per heavy atom. The molecule has 0 aliphatic heterocycles. The maximum absolute atomic E-state index is 11.2. The van der Waals surface area contributed by atoms with Crippen LogP contribution in [0.3, 0.4) is 0 Å². The largest absolute Gasteiger partial charge is 0.466 e. The monoisotopic (exact) mass is 186 g/mol. The number of hydrogen-bond donors (Lipinski definition) is 0. The van der Waals surface area contributed by atoms with E-state index in [1.165, 1.54) is 0 Å². The molecule has 0 amide bonds. The Kier molecular flexibility index (Phi) is 3.72. The average molecular weight is 186 g/mol. The molecule has 13 heavy (non-hydrogen) atoms. The van der Waals surface area contributed by atoms with Crippen molar-refractivity contribution >= 4 is 5.97 Å². The third-order valence-corrected chi connectivity index (χ3v) is 2.16. The molecule has 0 heterocycles. The van der Waals surface area contributed by atoms with Gasteiger partial charge in [-0.3, -0.25) is 4.79 Å². The van der Waals surface area contributed by atoms with Crippen molar-refractivity contribution in [2.24, 2.45) is 11.8 Å². The molecule has 3 nitrogen and oxygen atoms in total. The zero-order valence-corrected chi connectivity index (χ0v) is 8.58. The lowest BCUT2D eigenvalue weighted by Crippen LogP contribution is -2.11. The van der Waals surface area contributed by atoms with Gasteiger partial charge in [-0.15, -0.1) is 0 Å². The summed E-state index contributed by atoms with van der Waals surface area (Å²) in [4.78, 5) is 11.2. The van der Waals surface area contributed by atoms with E-state index < -0.39 is 0 Å². The molecule has 76 valence electrons. The molecule has 0 saturated heterocycles. The minimum Gasteiger partial charge on any atom is -0.466 e. The smallest absolute Gasteiger partial charge is 0.309 e. The van der Waals surface area contributed by atoms with E-state index in [2.05, 4.69) is 0 Å². The van der Waals surface area contributed by atoms with E-state index in [1.54, 1.807) is 0 Å². The van der Waals surface area contributed by atoms with Crippen molar-refractivity contribution in [2.75, 3.05) is 13.2 Å². The molecule has 0 bridgehead atoms. The van der Waals surface area contributed by atoms with Gasteiger partial charge < -0.3 is 9.47 Å². The molecule has 1 aliphatic rings. The molecule has 3 heteroatoms. The summed E-state index contributed by atoms with van der Waals surface area (Å²) in [7, 11) is 0. The van der Waals surface area contributed by atoms with Crippen LogP contribution in [0.5, 0.6) is 0 Å². The normalized spacial score (nSPS) is 26.2. The van der Waals surface area contributed by atoms with Crippen molar-refractivity contribution in [3.8, 4) is 0 Å². The molecule has 1 aliphatic carbocycles. The van der Waals surface area contributed by atoms with Crippen LogP contribution in [-0.4, -0.2) is 25.3 Å². The van der Waals surface area contributed by atoms with Crippen LogP contribution in [-0.2, 0) is 14.3 Å². The topological polar surface area (TPSA) is 35.5 Å². The van der Waals surface area contributed by atoms with E-state index in [4.69, 9.17) is 9.47 Å². The van der Waals surface area contributed by atoms with Crippen molar-refractivity contribution in [1.29, 1.82) is 0 Å². The van der Waals surface area contributed by atoms with Gasteiger partial charge in [-0.05, 0) is 33.1 Å². The fourth-order valence-electron chi connectivity index (χ4n) is 1.29. The number of ether oxygens (including phenoxy) is 2. The van der Waals surface area contributed by atoms with Gasteiger partial charge in [0.25, 0.3) is 0 Å². The van der Waals surface area contributed by atoms with Crippen LogP contribution in [0.25, 0.3) is 0 Å². The number of carbonyl (C=O) groups excluding carboxylic acids is 1. The Labute approximate surface area is 79.4 Å². The lowest BCUT2D eigenvalue weighted by atomic mass is 10.3. The first kappa shape index (κ1) is 10.5. The SMILES string of the molecule is CCOC(=O)[C@@H]1C[C@H]1COC(C)C. The maximum atomic E-state index is 11.2. The molecule has 1 rings (SSSR count). The fourth-order valence-corrected chi connectivity index (χ4v) is 1.29. The zero-order chi connectivity index (χ0) is 9.84. The highest BCUT2D eigenvalue weighted by Crippen LogP contribution is 2.39. The zero-order valence-electron chi connectivity index (χ0n) is 8.58. The number of carbonyl (C=O) groups is 1. The molecule has 0 unspecified atom stereocenters. The van der Waals surface area contributed by atoms with Crippen LogP contribution in [0, 0.1) is 11.8 Å². The third kappa shape index (κ3) is 3.35. The van der Waals surface area contributed by atoms with E-state index >= 15 is 0 Å². The molecule has 1 saturated carbocycles. The average Bonchev–Trinajstić information content (AvgIpc) is 2.80. The molecule has 1 fully saturated rings. The highest BCUT2D eigenvalue weighted by Gasteiger charge is 2.44. The summed E-state index contributed by atoms with van der Waals surface area (Å²) in [5.41, 5.74) is 0. The molecule has 2 atom stereocenters. The van der Waals surface area contributed by atoms with Crippen LogP contribution in [0.2, 0.25) is 0 Å². The van der Waals surface area contributed by atoms with Gasteiger partial charge in [0, 0.05) is 0 Å². The molecular weight excluding hydrogens is 168 g/mol. The standard InChI is InChI=1S/C10H18O3/c1-4-12-10(11)9-5-8(9)6-13-7(2)3/h7-9H,4-6H2,1-3H3/t8-,9+/m0/s1. The van der Waals surface area contributed by atoms with Gasteiger partial charge in [-0.25, -0.2) is 0 Å². The second-order valence-electron chi connectivity index (χ2n) is 3.74. The van der Waals surface area contributed by atoms with Crippen LogP contribution < -0.4 is 0 Å². The van der Waals surface area contributed by atoms with Gasteiger partial charge in [0.15, 0.2) is 0 Å². The first-order valence-electron chi connectivity index (χ1n) is 4.93. The van der Waals surface area contributed by atoms with Crippen LogP contribution >= 0.6 is 0 Å². The van der Waals surface area contributed by atoms with E-state index in [0.717, 1.165) is 6.42 Å². The number of rotatable bonds is 5. The first-order valence-corrected chi connectivity index (χ1v) is 4.93. The summed E-state index contributed by atoms with van der Waals surface area (Å²) >= 11 is 0. The number of hydrogen-bond acceptors (Lipinski definition) is 3. The quantitative estimate of drug-likeness (QED) is 0.612. The van der Waals surface area contributed by atoms with Crippen molar-refractivity contribution in [1.82, 2.24) is 0 Å². The predicted molar refractivity (Wildman–Crippen MR) is 49.3 cm³/mol. The Balaban J connectivity index is 2.11. The summed E-state index contributed by atoms with van der Waals surface area (Å²) in [5, 5.41) is 0.